The summed E-state index contributed by atoms with van der Waals surface area (Å²) in [6.07, 6.45) is 2.11. The van der Waals surface area contributed by atoms with Crippen LogP contribution in [-0.4, -0.2) is 46.4 Å². The molecule has 0 amide bonds. The summed E-state index contributed by atoms with van der Waals surface area (Å²) < 4.78 is 19.4. The second-order valence-electron chi connectivity index (χ2n) is 5.97. The molecule has 0 aromatic carbocycles. The van der Waals surface area contributed by atoms with Crippen molar-refractivity contribution in [1.82, 2.24) is 4.67 Å². The lowest BCUT2D eigenvalue weighted by atomic mass is 9.96. The van der Waals surface area contributed by atoms with Gasteiger partial charge in [0.1, 0.15) is 0 Å². The molecule has 7 nitrogen and oxygen atoms in total. The molecule has 1 heterocycles. The maximum absolute atomic E-state index is 12.5. The van der Waals surface area contributed by atoms with Crippen molar-refractivity contribution in [2.75, 3.05) is 31.5 Å². The molecule has 0 bridgehead atoms. The Morgan fingerprint density at radius 2 is 2.12 bits per heavy atom. The second kappa shape index (κ2) is 10.2. The fraction of sp³-hybridized carbons (Fsp3) is 0.714. The van der Waals surface area contributed by atoms with Crippen molar-refractivity contribution >= 4 is 42.6 Å². The van der Waals surface area contributed by atoms with Crippen LogP contribution >= 0.6 is 42.6 Å². The first-order valence-electron chi connectivity index (χ1n) is 7.55. The van der Waals surface area contributed by atoms with Crippen LogP contribution < -0.4 is 5.50 Å². The minimum Gasteiger partial charge on any atom is -0.305 e. The summed E-state index contributed by atoms with van der Waals surface area (Å²) in [5.74, 6) is 6.44. The number of alkyl halides is 2. The second-order valence-corrected chi connectivity index (χ2v) is 9.89. The number of hydrogen-bond donors (Lipinski definition) is 1. The van der Waals surface area contributed by atoms with Gasteiger partial charge in [-0.25, -0.2) is 10.2 Å². The Hall–Kier alpha value is -0.260. The summed E-state index contributed by atoms with van der Waals surface area (Å²) in [6.45, 7) is 4.29. The van der Waals surface area contributed by atoms with Crippen LogP contribution in [0.15, 0.2) is 11.0 Å². The summed E-state index contributed by atoms with van der Waals surface area (Å²) in [7, 11) is -3.52. The Balaban J connectivity index is 2.65. The highest BCUT2D eigenvalue weighted by atomic mass is 35.5. The third kappa shape index (κ3) is 7.88. The van der Waals surface area contributed by atoms with E-state index in [1.807, 2.05) is 13.8 Å². The van der Waals surface area contributed by atoms with Crippen LogP contribution in [0, 0.1) is 27.4 Å². The lowest BCUT2D eigenvalue weighted by Crippen LogP contribution is -2.31. The van der Waals surface area contributed by atoms with Crippen LogP contribution in [0.2, 0.25) is 0 Å². The highest BCUT2D eigenvalue weighted by molar-refractivity contribution is 8.04. The van der Waals surface area contributed by atoms with Gasteiger partial charge in [0.05, 0.1) is 16.9 Å². The molecule has 142 valence electrons. The molecule has 2 N–H and O–H groups in total. The van der Waals surface area contributed by atoms with E-state index < -0.39 is 18.5 Å². The Labute approximate surface area is 162 Å². The molecule has 2 unspecified atom stereocenters. The molecule has 0 saturated carbocycles. The standard InChI is InChI=1S/C14H22Cl2N3O4PS/c1-14(2,6-5-12-3-4-13(25-12)19(20)21)11-23-24(17,22)18(9-7-15)10-8-16/h3,13H,4,7-11H2,1-2H3,(H2,17,22). The third-order valence-electron chi connectivity index (χ3n) is 3.22. The zero-order valence-corrected chi connectivity index (χ0v) is 17.3. The van der Waals surface area contributed by atoms with E-state index in [0.29, 0.717) is 24.4 Å². The largest absolute Gasteiger partial charge is 0.340 e. The number of nitrogens with zero attached hydrogens (tertiary/aromatic N) is 2. The zero-order chi connectivity index (χ0) is 19.1. The van der Waals surface area contributed by atoms with Crippen molar-refractivity contribution in [2.45, 2.75) is 25.6 Å². The van der Waals surface area contributed by atoms with E-state index in [9.17, 15) is 14.7 Å². The number of allylic oxidation sites excluding steroid dienone is 1. The molecule has 11 heteroatoms. The van der Waals surface area contributed by atoms with Gasteiger partial charge in [-0.05, 0) is 25.6 Å². The van der Waals surface area contributed by atoms with Crippen molar-refractivity contribution in [3.05, 3.63) is 21.1 Å². The van der Waals surface area contributed by atoms with Crippen molar-refractivity contribution in [3.63, 3.8) is 0 Å². The summed E-state index contributed by atoms with van der Waals surface area (Å²) in [4.78, 5) is 11.1. The summed E-state index contributed by atoms with van der Waals surface area (Å²) in [5, 5.41) is 10.1. The molecule has 0 aliphatic carbocycles. The molecular weight excluding hydrogens is 408 g/mol. The predicted octanol–water partition coefficient (Wildman–Crippen LogP) is 3.50. The fourth-order valence-corrected chi connectivity index (χ4v) is 4.79. The highest BCUT2D eigenvalue weighted by Gasteiger charge is 2.30. The Morgan fingerprint density at radius 3 is 2.60 bits per heavy atom. The van der Waals surface area contributed by atoms with Crippen molar-refractivity contribution in [2.24, 2.45) is 10.9 Å². The summed E-state index contributed by atoms with van der Waals surface area (Å²) >= 11 is 12.5. The van der Waals surface area contributed by atoms with E-state index in [1.54, 1.807) is 6.08 Å². The first kappa shape index (κ1) is 22.8. The monoisotopic (exact) mass is 429 g/mol. The highest BCUT2D eigenvalue weighted by Crippen LogP contribution is 2.43. The lowest BCUT2D eigenvalue weighted by molar-refractivity contribution is -0.493. The van der Waals surface area contributed by atoms with Crippen LogP contribution in [0.1, 0.15) is 20.3 Å². The SMILES string of the molecule is CC(C)(C#CC1=CCC([N+](=O)[O-])S1)COP(N)(=O)N(CCCl)CCCl. The van der Waals surface area contributed by atoms with Gasteiger partial charge in [0, 0.05) is 36.2 Å². The molecule has 1 rings (SSSR count). The number of rotatable bonds is 9. The van der Waals surface area contributed by atoms with Gasteiger partial charge in [-0.2, -0.15) is 0 Å². The molecule has 0 radical (unpaired) electrons. The lowest BCUT2D eigenvalue weighted by Gasteiger charge is -2.29. The van der Waals surface area contributed by atoms with Crippen LogP contribution in [0.25, 0.3) is 0 Å². The van der Waals surface area contributed by atoms with Crippen molar-refractivity contribution in [1.29, 1.82) is 0 Å². The average Bonchev–Trinajstić information content (AvgIpc) is 3.01. The van der Waals surface area contributed by atoms with Gasteiger partial charge in [0.2, 0.25) is 0 Å². The number of halogens is 2. The van der Waals surface area contributed by atoms with Gasteiger partial charge in [0.15, 0.2) is 0 Å². The van der Waals surface area contributed by atoms with Crippen LogP contribution in [0.5, 0.6) is 0 Å². The minimum absolute atomic E-state index is 0.0471. The van der Waals surface area contributed by atoms with Gasteiger partial charge in [-0.1, -0.05) is 17.9 Å². The van der Waals surface area contributed by atoms with Gasteiger partial charge < -0.3 is 4.52 Å². The topological polar surface area (TPSA) is 98.7 Å². The minimum atomic E-state index is -3.52. The number of hydrogen-bond acceptors (Lipinski definition) is 5. The van der Waals surface area contributed by atoms with E-state index in [1.165, 1.54) is 4.67 Å². The molecule has 1 aliphatic rings. The van der Waals surface area contributed by atoms with Crippen LogP contribution in [0.3, 0.4) is 0 Å². The molecule has 1 aliphatic heterocycles. The van der Waals surface area contributed by atoms with E-state index in [-0.39, 0.29) is 23.3 Å². The molecule has 0 fully saturated rings. The Morgan fingerprint density at radius 1 is 1.52 bits per heavy atom. The van der Waals surface area contributed by atoms with Gasteiger partial charge in [0.25, 0.3) is 5.37 Å². The quantitative estimate of drug-likeness (QED) is 0.197. The van der Waals surface area contributed by atoms with Crippen LogP contribution in [-0.2, 0) is 9.09 Å². The smallest absolute Gasteiger partial charge is 0.305 e. The number of nitro groups is 1. The molecule has 25 heavy (non-hydrogen) atoms. The summed E-state index contributed by atoms with van der Waals surface area (Å²) in [6, 6.07) is 0. The van der Waals surface area contributed by atoms with E-state index >= 15 is 0 Å². The van der Waals surface area contributed by atoms with E-state index in [4.69, 9.17) is 33.2 Å². The molecule has 0 aromatic rings. The van der Waals surface area contributed by atoms with Crippen molar-refractivity contribution < 1.29 is 14.0 Å². The molecule has 0 saturated heterocycles. The predicted molar refractivity (Wildman–Crippen MR) is 103 cm³/mol. The maximum atomic E-state index is 12.5. The maximum Gasteiger partial charge on any atom is 0.340 e. The number of thioether (sulfide) groups is 1. The van der Waals surface area contributed by atoms with Crippen molar-refractivity contribution in [3.8, 4) is 11.8 Å². The third-order valence-corrected chi connectivity index (χ3v) is 6.40. The molecule has 2 atom stereocenters. The molecule has 0 aromatic heterocycles. The van der Waals surface area contributed by atoms with Gasteiger partial charge in [-0.3, -0.25) is 14.7 Å². The Bertz CT molecular complexity index is 615. The normalized spacial score (nSPS) is 19.9. The molecular formula is C14H22Cl2N3O4PS. The van der Waals surface area contributed by atoms with E-state index in [0.717, 1.165) is 11.8 Å². The van der Waals surface area contributed by atoms with Gasteiger partial charge in [-0.15, -0.1) is 23.2 Å². The first-order chi connectivity index (χ1) is 11.6. The first-order valence-corrected chi connectivity index (χ1v) is 11.1. The fourth-order valence-electron chi connectivity index (χ4n) is 1.85. The number of nitrogens with two attached hydrogens (primary N) is 1. The zero-order valence-electron chi connectivity index (χ0n) is 14.1. The van der Waals surface area contributed by atoms with E-state index in [2.05, 4.69) is 11.8 Å². The summed E-state index contributed by atoms with van der Waals surface area (Å²) in [5.41, 5.74) is 5.19. The average molecular weight is 430 g/mol. The van der Waals surface area contributed by atoms with Gasteiger partial charge >= 0.3 is 7.67 Å². The molecule has 0 spiro atoms. The Kier molecular flexibility index (Phi) is 9.27. The van der Waals surface area contributed by atoms with Crippen LogP contribution in [0.4, 0.5) is 0 Å².